The van der Waals surface area contributed by atoms with Crippen molar-refractivity contribution in [1.82, 2.24) is 24.8 Å². The highest BCUT2D eigenvalue weighted by Crippen LogP contribution is 2.27. The molecule has 0 saturated carbocycles. The first-order valence-corrected chi connectivity index (χ1v) is 11.9. The SMILES string of the molecule is Cc1ccc(C2Cn3nnc(C(=O)N4CCN(C(=O)c5cccc(N(C)C)c5)CC4)c3CO2)cc1. The van der Waals surface area contributed by atoms with E-state index in [9.17, 15) is 9.59 Å². The number of anilines is 1. The van der Waals surface area contributed by atoms with E-state index in [1.54, 1.807) is 14.5 Å². The maximum absolute atomic E-state index is 13.2. The second-order valence-corrected chi connectivity index (χ2v) is 9.31. The molecule has 3 heterocycles. The molecule has 1 unspecified atom stereocenters. The number of aromatic nitrogens is 3. The summed E-state index contributed by atoms with van der Waals surface area (Å²) < 4.78 is 7.84. The standard InChI is InChI=1S/C26H30N6O3/c1-18-7-9-19(10-8-18)23-16-32-22(17-35-23)24(27-28-32)26(34)31-13-11-30(12-14-31)25(33)20-5-4-6-21(15-20)29(2)3/h4-10,15,23H,11-14,16-17H2,1-3H3. The second kappa shape index (κ2) is 9.50. The number of hydrogen-bond acceptors (Lipinski definition) is 6. The molecule has 0 N–H and O–H groups in total. The fourth-order valence-corrected chi connectivity index (χ4v) is 4.52. The van der Waals surface area contributed by atoms with Gasteiger partial charge in [-0.2, -0.15) is 0 Å². The Balaban J connectivity index is 1.22. The average Bonchev–Trinajstić information content (AvgIpc) is 3.32. The molecule has 1 aromatic heterocycles. The van der Waals surface area contributed by atoms with Crippen LogP contribution in [0.25, 0.3) is 0 Å². The van der Waals surface area contributed by atoms with E-state index in [2.05, 4.69) is 41.5 Å². The van der Waals surface area contributed by atoms with Crippen LogP contribution < -0.4 is 4.90 Å². The van der Waals surface area contributed by atoms with Crippen LogP contribution >= 0.6 is 0 Å². The molecule has 5 rings (SSSR count). The molecule has 1 atom stereocenters. The van der Waals surface area contributed by atoms with E-state index >= 15 is 0 Å². The zero-order valence-electron chi connectivity index (χ0n) is 20.3. The number of nitrogens with zero attached hydrogens (tertiary/aromatic N) is 6. The predicted octanol–water partition coefficient (Wildman–Crippen LogP) is 2.52. The van der Waals surface area contributed by atoms with Gasteiger partial charge in [0, 0.05) is 51.5 Å². The van der Waals surface area contributed by atoms with E-state index in [0.29, 0.717) is 49.7 Å². The average molecular weight is 475 g/mol. The smallest absolute Gasteiger partial charge is 0.276 e. The summed E-state index contributed by atoms with van der Waals surface area (Å²) in [6.45, 7) is 4.73. The van der Waals surface area contributed by atoms with Gasteiger partial charge in [0.05, 0.1) is 18.8 Å². The van der Waals surface area contributed by atoms with Crippen LogP contribution in [0.15, 0.2) is 48.5 Å². The Morgan fingerprint density at radius 3 is 2.34 bits per heavy atom. The topological polar surface area (TPSA) is 83.8 Å². The Morgan fingerprint density at radius 2 is 1.66 bits per heavy atom. The zero-order chi connectivity index (χ0) is 24.5. The summed E-state index contributed by atoms with van der Waals surface area (Å²) in [5.41, 5.74) is 4.96. The fraction of sp³-hybridized carbons (Fsp3) is 0.385. The van der Waals surface area contributed by atoms with Crippen LogP contribution in [0.2, 0.25) is 0 Å². The molecule has 9 nitrogen and oxygen atoms in total. The van der Waals surface area contributed by atoms with Gasteiger partial charge in [-0.15, -0.1) is 5.10 Å². The van der Waals surface area contributed by atoms with E-state index in [1.165, 1.54) is 5.56 Å². The van der Waals surface area contributed by atoms with Gasteiger partial charge in [0.15, 0.2) is 5.69 Å². The quantitative estimate of drug-likeness (QED) is 0.578. The Morgan fingerprint density at radius 1 is 0.971 bits per heavy atom. The van der Waals surface area contributed by atoms with Crippen LogP contribution in [-0.4, -0.2) is 76.9 Å². The molecule has 182 valence electrons. The lowest BCUT2D eigenvalue weighted by molar-refractivity contribution is -0.00203. The van der Waals surface area contributed by atoms with Crippen LogP contribution in [0, 0.1) is 6.92 Å². The molecule has 2 amide bonds. The first kappa shape index (κ1) is 23.0. The Labute approximate surface area is 204 Å². The maximum Gasteiger partial charge on any atom is 0.276 e. The number of ether oxygens (including phenoxy) is 1. The van der Waals surface area contributed by atoms with Gasteiger partial charge in [-0.1, -0.05) is 41.1 Å². The Bertz CT molecular complexity index is 1230. The van der Waals surface area contributed by atoms with Gasteiger partial charge in [-0.25, -0.2) is 4.68 Å². The molecule has 0 aliphatic carbocycles. The van der Waals surface area contributed by atoms with Gasteiger partial charge < -0.3 is 19.4 Å². The van der Waals surface area contributed by atoms with Gasteiger partial charge in [-0.05, 0) is 30.7 Å². The second-order valence-electron chi connectivity index (χ2n) is 9.31. The summed E-state index contributed by atoms with van der Waals surface area (Å²) in [7, 11) is 3.90. The maximum atomic E-state index is 13.2. The lowest BCUT2D eigenvalue weighted by atomic mass is 10.1. The van der Waals surface area contributed by atoms with Crippen LogP contribution in [0.5, 0.6) is 0 Å². The summed E-state index contributed by atoms with van der Waals surface area (Å²) >= 11 is 0. The lowest BCUT2D eigenvalue weighted by Gasteiger charge is -2.34. The molecule has 1 saturated heterocycles. The summed E-state index contributed by atoms with van der Waals surface area (Å²) in [5, 5.41) is 8.44. The van der Waals surface area contributed by atoms with E-state index in [0.717, 1.165) is 11.3 Å². The number of hydrogen-bond donors (Lipinski definition) is 0. The fourth-order valence-electron chi connectivity index (χ4n) is 4.52. The van der Waals surface area contributed by atoms with Crippen molar-refractivity contribution < 1.29 is 14.3 Å². The van der Waals surface area contributed by atoms with Crippen molar-refractivity contribution in [2.45, 2.75) is 26.2 Å². The third kappa shape index (κ3) is 4.64. The van der Waals surface area contributed by atoms with Crippen molar-refractivity contribution in [1.29, 1.82) is 0 Å². The predicted molar refractivity (Wildman–Crippen MR) is 131 cm³/mol. The third-order valence-corrected chi connectivity index (χ3v) is 6.71. The van der Waals surface area contributed by atoms with Crippen molar-refractivity contribution in [3.8, 4) is 0 Å². The summed E-state index contributed by atoms with van der Waals surface area (Å²) in [6, 6.07) is 15.8. The van der Waals surface area contributed by atoms with Crippen molar-refractivity contribution in [2.24, 2.45) is 0 Å². The minimum atomic E-state index is -0.162. The van der Waals surface area contributed by atoms with Crippen molar-refractivity contribution >= 4 is 17.5 Å². The number of carbonyl (C=O) groups is 2. The number of benzene rings is 2. The van der Waals surface area contributed by atoms with Crippen molar-refractivity contribution in [3.63, 3.8) is 0 Å². The summed E-state index contributed by atoms with van der Waals surface area (Å²) in [4.78, 5) is 31.8. The number of carbonyl (C=O) groups excluding carboxylic acids is 2. The van der Waals surface area contributed by atoms with Gasteiger partial charge in [-0.3, -0.25) is 9.59 Å². The first-order valence-electron chi connectivity index (χ1n) is 11.9. The van der Waals surface area contributed by atoms with Crippen LogP contribution in [-0.2, 0) is 17.9 Å². The molecule has 3 aromatic rings. The monoisotopic (exact) mass is 474 g/mol. The normalized spacial score (nSPS) is 17.7. The molecule has 0 spiro atoms. The molecule has 0 bridgehead atoms. The molecule has 9 heteroatoms. The van der Waals surface area contributed by atoms with E-state index in [4.69, 9.17) is 4.74 Å². The lowest BCUT2D eigenvalue weighted by Crippen LogP contribution is -2.50. The first-order chi connectivity index (χ1) is 16.9. The highest BCUT2D eigenvalue weighted by molar-refractivity contribution is 5.96. The molecule has 1 fully saturated rings. The number of piperazine rings is 1. The third-order valence-electron chi connectivity index (χ3n) is 6.71. The van der Waals surface area contributed by atoms with Gasteiger partial charge in [0.2, 0.25) is 0 Å². The minimum absolute atomic E-state index is 0.0163. The molecular formula is C26H30N6O3. The van der Waals surface area contributed by atoms with Gasteiger partial charge >= 0.3 is 0 Å². The Hall–Kier alpha value is -3.72. The van der Waals surface area contributed by atoms with Gasteiger partial charge in [0.25, 0.3) is 11.8 Å². The highest BCUT2D eigenvalue weighted by Gasteiger charge is 2.32. The molecule has 0 radical (unpaired) electrons. The van der Waals surface area contributed by atoms with E-state index in [-0.39, 0.29) is 24.5 Å². The summed E-state index contributed by atoms with van der Waals surface area (Å²) in [5.74, 6) is -0.178. The zero-order valence-corrected chi connectivity index (χ0v) is 20.3. The van der Waals surface area contributed by atoms with Crippen molar-refractivity contribution in [2.75, 3.05) is 45.2 Å². The summed E-state index contributed by atoms with van der Waals surface area (Å²) in [6.07, 6.45) is -0.117. The molecular weight excluding hydrogens is 444 g/mol. The number of aryl methyl sites for hydroxylation is 1. The minimum Gasteiger partial charge on any atom is -0.378 e. The van der Waals surface area contributed by atoms with E-state index in [1.807, 2.05) is 43.3 Å². The molecule has 2 aliphatic rings. The van der Waals surface area contributed by atoms with Crippen LogP contribution in [0.3, 0.4) is 0 Å². The highest BCUT2D eigenvalue weighted by atomic mass is 16.5. The largest absolute Gasteiger partial charge is 0.378 e. The number of amides is 2. The van der Waals surface area contributed by atoms with E-state index < -0.39 is 0 Å². The Kier molecular flexibility index (Phi) is 6.25. The van der Waals surface area contributed by atoms with Gasteiger partial charge in [0.1, 0.15) is 6.10 Å². The van der Waals surface area contributed by atoms with Crippen molar-refractivity contribution in [3.05, 3.63) is 76.6 Å². The van der Waals surface area contributed by atoms with Crippen LogP contribution in [0.1, 0.15) is 43.8 Å². The molecule has 2 aromatic carbocycles. The van der Waals surface area contributed by atoms with Crippen LogP contribution in [0.4, 0.5) is 5.69 Å². The molecule has 35 heavy (non-hydrogen) atoms. The number of rotatable bonds is 4. The number of fused-ring (bicyclic) bond motifs is 1. The molecule has 2 aliphatic heterocycles.